The lowest BCUT2D eigenvalue weighted by molar-refractivity contribution is -0.158. The van der Waals surface area contributed by atoms with Crippen molar-refractivity contribution in [1.29, 1.82) is 0 Å². The Bertz CT molecular complexity index is 540. The van der Waals surface area contributed by atoms with Gasteiger partial charge >= 0.3 is 0 Å². The van der Waals surface area contributed by atoms with E-state index < -0.39 is 0 Å². The number of hydrogen-bond acceptors (Lipinski definition) is 3. The molecule has 0 unspecified atom stereocenters. The van der Waals surface area contributed by atoms with Crippen molar-refractivity contribution in [3.8, 4) is 0 Å². The van der Waals surface area contributed by atoms with Gasteiger partial charge in [0.1, 0.15) is 11.9 Å². The Labute approximate surface area is 136 Å². The SMILES string of the molecule is CO[C@H]1CN(C(=O)CCc2ccc(F)cc2)CC[C@@]12CCCO2. The Morgan fingerprint density at radius 2 is 2.17 bits per heavy atom. The Kier molecular flexibility index (Phi) is 4.97. The summed E-state index contributed by atoms with van der Waals surface area (Å²) < 4.78 is 24.5. The molecular weight excluding hydrogens is 297 g/mol. The molecule has 1 aromatic rings. The number of nitrogens with zero attached hydrogens (tertiary/aromatic N) is 1. The molecule has 1 spiro atoms. The maximum absolute atomic E-state index is 12.9. The lowest BCUT2D eigenvalue weighted by Crippen LogP contribution is -2.57. The number of carbonyl (C=O) groups excluding carboxylic acids is 1. The van der Waals surface area contributed by atoms with Gasteiger partial charge in [-0.05, 0) is 43.4 Å². The van der Waals surface area contributed by atoms with Crippen LogP contribution in [0.4, 0.5) is 4.39 Å². The third-order valence-electron chi connectivity index (χ3n) is 5.09. The van der Waals surface area contributed by atoms with Crippen molar-refractivity contribution in [2.75, 3.05) is 26.8 Å². The molecule has 1 amide bonds. The van der Waals surface area contributed by atoms with Gasteiger partial charge in [-0.2, -0.15) is 0 Å². The average molecular weight is 321 g/mol. The second-order valence-corrected chi connectivity index (χ2v) is 6.46. The van der Waals surface area contributed by atoms with Gasteiger partial charge in [0, 0.05) is 33.2 Å². The van der Waals surface area contributed by atoms with E-state index in [1.54, 1.807) is 19.2 Å². The zero-order chi connectivity index (χ0) is 16.3. The number of amides is 1. The summed E-state index contributed by atoms with van der Waals surface area (Å²) in [4.78, 5) is 14.3. The molecule has 1 aromatic carbocycles. The lowest BCUT2D eigenvalue weighted by atomic mass is 9.85. The Morgan fingerprint density at radius 3 is 2.83 bits per heavy atom. The standard InChI is InChI=1S/C18H24FNO3/c1-22-16-13-20(11-10-18(16)9-2-12-23-18)17(21)8-5-14-3-6-15(19)7-4-14/h3-4,6-7,16H,2,5,8-13H2,1H3/t16-,18-/m0/s1. The van der Waals surface area contributed by atoms with E-state index in [1.165, 1.54) is 12.1 Å². The second-order valence-electron chi connectivity index (χ2n) is 6.46. The molecule has 0 aromatic heterocycles. The van der Waals surface area contributed by atoms with Gasteiger partial charge in [-0.3, -0.25) is 4.79 Å². The molecule has 0 saturated carbocycles. The van der Waals surface area contributed by atoms with Crippen LogP contribution in [0, 0.1) is 5.82 Å². The zero-order valence-corrected chi connectivity index (χ0v) is 13.6. The molecule has 0 bridgehead atoms. The van der Waals surface area contributed by atoms with Crippen LogP contribution in [0.2, 0.25) is 0 Å². The fourth-order valence-electron chi connectivity index (χ4n) is 3.69. The summed E-state index contributed by atoms with van der Waals surface area (Å²) in [5.74, 6) is -0.120. The smallest absolute Gasteiger partial charge is 0.222 e. The number of hydrogen-bond donors (Lipinski definition) is 0. The molecule has 0 N–H and O–H groups in total. The van der Waals surface area contributed by atoms with Crippen molar-refractivity contribution in [2.45, 2.75) is 43.8 Å². The largest absolute Gasteiger partial charge is 0.377 e. The Balaban J connectivity index is 1.55. The first kappa shape index (κ1) is 16.4. The Morgan fingerprint density at radius 1 is 1.39 bits per heavy atom. The van der Waals surface area contributed by atoms with Gasteiger partial charge in [-0.15, -0.1) is 0 Å². The molecule has 2 atom stereocenters. The van der Waals surface area contributed by atoms with Crippen LogP contribution < -0.4 is 0 Å². The van der Waals surface area contributed by atoms with Crippen LogP contribution in [0.1, 0.15) is 31.2 Å². The molecule has 2 aliphatic heterocycles. The van der Waals surface area contributed by atoms with Gasteiger partial charge in [0.05, 0.1) is 5.60 Å². The van der Waals surface area contributed by atoms with Crippen LogP contribution in [0.5, 0.6) is 0 Å². The predicted octanol–water partition coefficient (Wildman–Crippen LogP) is 2.55. The Hall–Kier alpha value is -1.46. The molecular formula is C18H24FNO3. The van der Waals surface area contributed by atoms with Gasteiger partial charge in [-0.25, -0.2) is 4.39 Å². The summed E-state index contributed by atoms with van der Waals surface area (Å²) >= 11 is 0. The summed E-state index contributed by atoms with van der Waals surface area (Å²) in [6.07, 6.45) is 3.95. The van der Waals surface area contributed by atoms with Gasteiger partial charge in [-0.1, -0.05) is 12.1 Å². The van der Waals surface area contributed by atoms with Crippen molar-refractivity contribution in [2.24, 2.45) is 0 Å². The summed E-state index contributed by atoms with van der Waals surface area (Å²) in [7, 11) is 1.70. The third kappa shape index (κ3) is 3.56. The van der Waals surface area contributed by atoms with E-state index >= 15 is 0 Å². The molecule has 0 aliphatic carbocycles. The topological polar surface area (TPSA) is 38.8 Å². The first-order chi connectivity index (χ1) is 11.1. The van der Waals surface area contributed by atoms with Crippen LogP contribution in [0.15, 0.2) is 24.3 Å². The van der Waals surface area contributed by atoms with Crippen molar-refractivity contribution in [3.63, 3.8) is 0 Å². The number of aryl methyl sites for hydroxylation is 1. The average Bonchev–Trinajstić information content (AvgIpc) is 3.03. The number of carbonyl (C=O) groups is 1. The summed E-state index contributed by atoms with van der Waals surface area (Å²) in [6.45, 7) is 2.11. The molecule has 3 rings (SSSR count). The van der Waals surface area contributed by atoms with E-state index in [0.29, 0.717) is 19.4 Å². The van der Waals surface area contributed by atoms with Gasteiger partial charge < -0.3 is 14.4 Å². The first-order valence-electron chi connectivity index (χ1n) is 8.32. The lowest BCUT2D eigenvalue weighted by Gasteiger charge is -2.44. The van der Waals surface area contributed by atoms with Crippen LogP contribution in [0.25, 0.3) is 0 Å². The maximum Gasteiger partial charge on any atom is 0.222 e. The molecule has 2 fully saturated rings. The van der Waals surface area contributed by atoms with Crippen molar-refractivity contribution in [3.05, 3.63) is 35.6 Å². The quantitative estimate of drug-likeness (QED) is 0.855. The van der Waals surface area contributed by atoms with E-state index in [1.807, 2.05) is 4.90 Å². The third-order valence-corrected chi connectivity index (χ3v) is 5.09. The highest BCUT2D eigenvalue weighted by molar-refractivity contribution is 5.76. The highest BCUT2D eigenvalue weighted by Gasteiger charge is 2.47. The molecule has 2 aliphatic rings. The molecule has 0 radical (unpaired) electrons. The van der Waals surface area contributed by atoms with Crippen LogP contribution >= 0.6 is 0 Å². The molecule has 4 nitrogen and oxygen atoms in total. The van der Waals surface area contributed by atoms with E-state index in [9.17, 15) is 9.18 Å². The number of halogens is 1. The van der Waals surface area contributed by atoms with Crippen molar-refractivity contribution in [1.82, 2.24) is 4.90 Å². The minimum absolute atomic E-state index is 0.0477. The van der Waals surface area contributed by atoms with Crippen LogP contribution in [0.3, 0.4) is 0 Å². The normalized spacial score (nSPS) is 27.6. The van der Waals surface area contributed by atoms with Gasteiger partial charge in [0.15, 0.2) is 0 Å². The number of benzene rings is 1. The fraction of sp³-hybridized carbons (Fsp3) is 0.611. The molecule has 2 heterocycles. The maximum atomic E-state index is 12.9. The fourth-order valence-corrected chi connectivity index (χ4v) is 3.69. The number of likely N-dealkylation sites (tertiary alicyclic amines) is 1. The predicted molar refractivity (Wildman–Crippen MR) is 84.6 cm³/mol. The van der Waals surface area contributed by atoms with E-state index in [0.717, 1.165) is 38.0 Å². The van der Waals surface area contributed by atoms with Gasteiger partial charge in [0.2, 0.25) is 5.91 Å². The second kappa shape index (κ2) is 6.97. The zero-order valence-electron chi connectivity index (χ0n) is 13.6. The van der Waals surface area contributed by atoms with Crippen molar-refractivity contribution < 1.29 is 18.7 Å². The first-order valence-corrected chi connectivity index (χ1v) is 8.32. The minimum atomic E-state index is -0.249. The number of methoxy groups -OCH3 is 1. The monoisotopic (exact) mass is 321 g/mol. The summed E-state index contributed by atoms with van der Waals surface area (Å²) in [6, 6.07) is 6.34. The molecule has 23 heavy (non-hydrogen) atoms. The van der Waals surface area contributed by atoms with Crippen LogP contribution in [-0.2, 0) is 20.7 Å². The summed E-state index contributed by atoms with van der Waals surface area (Å²) in [5.41, 5.74) is 0.790. The molecule has 5 heteroatoms. The van der Waals surface area contributed by atoms with E-state index in [4.69, 9.17) is 9.47 Å². The summed E-state index contributed by atoms with van der Waals surface area (Å²) in [5, 5.41) is 0. The molecule has 2 saturated heterocycles. The number of ether oxygens (including phenoxy) is 2. The van der Waals surface area contributed by atoms with Gasteiger partial charge in [0.25, 0.3) is 0 Å². The number of piperidine rings is 1. The minimum Gasteiger partial charge on any atom is -0.377 e. The van der Waals surface area contributed by atoms with E-state index in [2.05, 4.69) is 0 Å². The highest BCUT2D eigenvalue weighted by atomic mass is 19.1. The van der Waals surface area contributed by atoms with Crippen LogP contribution in [-0.4, -0.2) is 49.3 Å². The highest BCUT2D eigenvalue weighted by Crippen LogP contribution is 2.37. The molecule has 126 valence electrons. The van der Waals surface area contributed by atoms with Crippen molar-refractivity contribution >= 4 is 5.91 Å². The van der Waals surface area contributed by atoms with E-state index in [-0.39, 0.29) is 23.4 Å². The number of rotatable bonds is 4.